The molecule has 0 radical (unpaired) electrons. The minimum atomic E-state index is -3.63. The highest BCUT2D eigenvalue weighted by molar-refractivity contribution is 7.86. The lowest BCUT2D eigenvalue weighted by atomic mass is 10.0. The third-order valence-electron chi connectivity index (χ3n) is 3.78. The quantitative estimate of drug-likeness (QED) is 0.386. The highest BCUT2D eigenvalue weighted by atomic mass is 32.2. The number of benzene rings is 1. The molecule has 0 aliphatic carbocycles. The zero-order chi connectivity index (χ0) is 16.3. The second kappa shape index (κ2) is 10.8. The van der Waals surface area contributed by atoms with E-state index >= 15 is 0 Å². The fraction of sp³-hybridized carbons (Fsp3) is 0.667. The van der Waals surface area contributed by atoms with Crippen molar-refractivity contribution in [1.29, 1.82) is 0 Å². The van der Waals surface area contributed by atoms with Crippen LogP contribution in [-0.4, -0.2) is 14.5 Å². The van der Waals surface area contributed by atoms with Crippen molar-refractivity contribution in [2.24, 2.45) is 0 Å². The molecule has 0 heterocycles. The lowest BCUT2D eigenvalue weighted by Gasteiger charge is -2.17. The van der Waals surface area contributed by atoms with Gasteiger partial charge in [0.05, 0.1) is 11.0 Å². The molecule has 0 aliphatic heterocycles. The number of unbranched alkanes of at least 4 members (excludes halogenated alkanes) is 5. The van der Waals surface area contributed by atoms with Crippen LogP contribution in [-0.2, 0) is 14.3 Å². The molecule has 22 heavy (non-hydrogen) atoms. The van der Waals surface area contributed by atoms with Gasteiger partial charge in [-0.15, -0.1) is 0 Å². The molecular formula is C18H30O3S. The molecule has 1 aromatic rings. The summed E-state index contributed by atoms with van der Waals surface area (Å²) in [5.41, 5.74) is 0. The summed E-state index contributed by atoms with van der Waals surface area (Å²) in [7, 11) is -3.63. The SMILES string of the molecule is CCCCCCCCC(CCC)OS(=O)(=O)c1ccccc1. The second-order valence-electron chi connectivity index (χ2n) is 5.83. The molecule has 1 unspecified atom stereocenters. The molecule has 1 atom stereocenters. The first-order chi connectivity index (χ1) is 10.6. The Kier molecular flexibility index (Phi) is 9.41. The highest BCUT2D eigenvalue weighted by Gasteiger charge is 2.20. The topological polar surface area (TPSA) is 43.4 Å². The highest BCUT2D eigenvalue weighted by Crippen LogP contribution is 2.20. The molecule has 4 heteroatoms. The van der Waals surface area contributed by atoms with E-state index in [0.717, 1.165) is 32.1 Å². The van der Waals surface area contributed by atoms with E-state index in [9.17, 15) is 8.42 Å². The zero-order valence-electron chi connectivity index (χ0n) is 14.0. The van der Waals surface area contributed by atoms with Crippen LogP contribution in [0, 0.1) is 0 Å². The maximum absolute atomic E-state index is 12.3. The van der Waals surface area contributed by atoms with Gasteiger partial charge in [-0.1, -0.05) is 77.0 Å². The van der Waals surface area contributed by atoms with Gasteiger partial charge in [0.25, 0.3) is 10.1 Å². The van der Waals surface area contributed by atoms with Gasteiger partial charge in [0.15, 0.2) is 0 Å². The molecule has 0 saturated heterocycles. The van der Waals surface area contributed by atoms with E-state index in [1.807, 2.05) is 0 Å². The van der Waals surface area contributed by atoms with Crippen LogP contribution in [0.25, 0.3) is 0 Å². The number of hydrogen-bond donors (Lipinski definition) is 0. The van der Waals surface area contributed by atoms with Crippen LogP contribution in [0.3, 0.4) is 0 Å². The first-order valence-corrected chi connectivity index (χ1v) is 9.99. The minimum absolute atomic E-state index is 0.193. The van der Waals surface area contributed by atoms with Crippen LogP contribution >= 0.6 is 0 Å². The summed E-state index contributed by atoms with van der Waals surface area (Å²) in [5.74, 6) is 0. The van der Waals surface area contributed by atoms with Crippen molar-refractivity contribution in [1.82, 2.24) is 0 Å². The predicted molar refractivity (Wildman–Crippen MR) is 91.4 cm³/mol. The molecular weight excluding hydrogens is 296 g/mol. The lowest BCUT2D eigenvalue weighted by Crippen LogP contribution is -2.18. The van der Waals surface area contributed by atoms with E-state index in [2.05, 4.69) is 13.8 Å². The van der Waals surface area contributed by atoms with Gasteiger partial charge in [-0.2, -0.15) is 8.42 Å². The molecule has 0 N–H and O–H groups in total. The van der Waals surface area contributed by atoms with E-state index in [1.165, 1.54) is 25.7 Å². The van der Waals surface area contributed by atoms with Crippen LogP contribution < -0.4 is 0 Å². The summed E-state index contributed by atoms with van der Waals surface area (Å²) in [6.07, 6.45) is 9.61. The number of rotatable bonds is 12. The monoisotopic (exact) mass is 326 g/mol. The Balaban J connectivity index is 2.46. The van der Waals surface area contributed by atoms with Crippen molar-refractivity contribution in [3.63, 3.8) is 0 Å². The van der Waals surface area contributed by atoms with Gasteiger partial charge in [0, 0.05) is 0 Å². The fourth-order valence-corrected chi connectivity index (χ4v) is 3.69. The van der Waals surface area contributed by atoms with Crippen LogP contribution in [0.1, 0.15) is 71.6 Å². The molecule has 0 spiro atoms. The third kappa shape index (κ3) is 7.41. The first kappa shape index (κ1) is 19.2. The Labute approximate surface area is 136 Å². The van der Waals surface area contributed by atoms with Gasteiger partial charge in [0.1, 0.15) is 0 Å². The second-order valence-corrected chi connectivity index (χ2v) is 7.40. The third-order valence-corrected chi connectivity index (χ3v) is 5.16. The Hall–Kier alpha value is -0.870. The Morgan fingerprint density at radius 2 is 1.50 bits per heavy atom. The largest absolute Gasteiger partial charge is 0.297 e. The van der Waals surface area contributed by atoms with E-state index in [-0.39, 0.29) is 11.0 Å². The van der Waals surface area contributed by atoms with Crippen LogP contribution in [0.2, 0.25) is 0 Å². The van der Waals surface area contributed by atoms with Gasteiger partial charge in [-0.25, -0.2) is 0 Å². The standard InChI is InChI=1S/C18H30O3S/c1-3-5-6-7-8-10-14-17(13-4-2)21-22(19,20)18-15-11-9-12-16-18/h9,11-12,15-17H,3-8,10,13-14H2,1-2H3. The van der Waals surface area contributed by atoms with E-state index in [1.54, 1.807) is 30.3 Å². The number of hydrogen-bond acceptors (Lipinski definition) is 3. The van der Waals surface area contributed by atoms with Crippen molar-refractivity contribution in [2.75, 3.05) is 0 Å². The van der Waals surface area contributed by atoms with E-state index in [4.69, 9.17) is 4.18 Å². The summed E-state index contributed by atoms with van der Waals surface area (Å²) < 4.78 is 30.0. The molecule has 1 rings (SSSR count). The average molecular weight is 327 g/mol. The molecule has 126 valence electrons. The Morgan fingerprint density at radius 1 is 0.864 bits per heavy atom. The summed E-state index contributed by atoms with van der Waals surface area (Å²) >= 11 is 0. The average Bonchev–Trinajstić information content (AvgIpc) is 2.51. The normalized spacial score (nSPS) is 13.2. The zero-order valence-corrected chi connectivity index (χ0v) is 14.8. The Bertz CT molecular complexity index is 482. The molecule has 0 amide bonds. The fourth-order valence-electron chi connectivity index (χ4n) is 2.54. The van der Waals surface area contributed by atoms with Crippen molar-refractivity contribution in [3.05, 3.63) is 30.3 Å². The lowest BCUT2D eigenvalue weighted by molar-refractivity contribution is 0.183. The summed E-state index contributed by atoms with van der Waals surface area (Å²) in [6, 6.07) is 8.42. The molecule has 0 aromatic heterocycles. The van der Waals surface area contributed by atoms with Crippen molar-refractivity contribution in [3.8, 4) is 0 Å². The van der Waals surface area contributed by atoms with Gasteiger partial charge in [0.2, 0.25) is 0 Å². The van der Waals surface area contributed by atoms with Gasteiger partial charge in [-0.05, 0) is 25.0 Å². The van der Waals surface area contributed by atoms with Crippen molar-refractivity contribution in [2.45, 2.75) is 82.6 Å². The predicted octanol–water partition coefficient (Wildman–Crippen LogP) is 5.31. The minimum Gasteiger partial charge on any atom is -0.263 e. The van der Waals surface area contributed by atoms with Crippen molar-refractivity contribution >= 4 is 10.1 Å². The first-order valence-electron chi connectivity index (χ1n) is 8.58. The van der Waals surface area contributed by atoms with Gasteiger partial charge >= 0.3 is 0 Å². The van der Waals surface area contributed by atoms with Crippen LogP contribution in [0.4, 0.5) is 0 Å². The molecule has 0 bridgehead atoms. The summed E-state index contributed by atoms with van der Waals surface area (Å²) in [4.78, 5) is 0.249. The van der Waals surface area contributed by atoms with Crippen LogP contribution in [0.5, 0.6) is 0 Å². The van der Waals surface area contributed by atoms with Gasteiger partial charge < -0.3 is 0 Å². The van der Waals surface area contributed by atoms with Crippen LogP contribution in [0.15, 0.2) is 35.2 Å². The van der Waals surface area contributed by atoms with Gasteiger partial charge in [-0.3, -0.25) is 4.18 Å². The molecule has 0 aliphatic rings. The Morgan fingerprint density at radius 3 is 2.14 bits per heavy atom. The molecule has 0 saturated carbocycles. The smallest absolute Gasteiger partial charge is 0.263 e. The summed E-state index contributed by atoms with van der Waals surface area (Å²) in [6.45, 7) is 4.27. The molecule has 3 nitrogen and oxygen atoms in total. The summed E-state index contributed by atoms with van der Waals surface area (Å²) in [5, 5.41) is 0. The molecule has 0 fully saturated rings. The van der Waals surface area contributed by atoms with E-state index in [0.29, 0.717) is 0 Å². The maximum atomic E-state index is 12.3. The van der Waals surface area contributed by atoms with E-state index < -0.39 is 10.1 Å². The van der Waals surface area contributed by atoms with Crippen molar-refractivity contribution < 1.29 is 12.6 Å². The maximum Gasteiger partial charge on any atom is 0.297 e. The molecule has 1 aromatic carbocycles.